The van der Waals surface area contributed by atoms with Crippen molar-refractivity contribution in [3.05, 3.63) is 29.3 Å². The third-order valence-electron chi connectivity index (χ3n) is 3.77. The number of aromatic carboxylic acids is 1. The molecule has 0 atom stereocenters. The molecule has 1 aliphatic heterocycles. The van der Waals surface area contributed by atoms with Crippen LogP contribution in [0.15, 0.2) is 18.2 Å². The first-order valence-corrected chi connectivity index (χ1v) is 6.94. The van der Waals surface area contributed by atoms with E-state index in [1.807, 2.05) is 0 Å². The number of ether oxygens (including phenoxy) is 1. The van der Waals surface area contributed by atoms with Crippen molar-refractivity contribution >= 4 is 17.7 Å². The average molecular weight is 292 g/mol. The number of carboxylic acids is 1. The second-order valence-electron chi connectivity index (χ2n) is 5.22. The Bertz CT molecular complexity index is 538. The number of hydrogen-bond donors (Lipinski definition) is 2. The van der Waals surface area contributed by atoms with Gasteiger partial charge in [-0.2, -0.15) is 0 Å². The van der Waals surface area contributed by atoms with E-state index in [-0.39, 0.29) is 17.6 Å². The summed E-state index contributed by atoms with van der Waals surface area (Å²) in [6, 6.07) is 4.76. The molecule has 2 N–H and O–H groups in total. The van der Waals surface area contributed by atoms with Gasteiger partial charge in [-0.25, -0.2) is 9.59 Å². The SMILES string of the molecule is Cc1cc(NC(=O)N(C)C2CCOCC2)ccc1C(=O)O. The number of benzene rings is 1. The van der Waals surface area contributed by atoms with Crippen LogP contribution in [0.1, 0.15) is 28.8 Å². The molecule has 1 saturated heterocycles. The summed E-state index contributed by atoms with van der Waals surface area (Å²) in [4.78, 5) is 24.8. The third-order valence-corrected chi connectivity index (χ3v) is 3.77. The first-order valence-electron chi connectivity index (χ1n) is 6.94. The molecule has 6 nitrogen and oxygen atoms in total. The van der Waals surface area contributed by atoms with E-state index in [2.05, 4.69) is 5.32 Å². The van der Waals surface area contributed by atoms with Crippen molar-refractivity contribution in [2.45, 2.75) is 25.8 Å². The van der Waals surface area contributed by atoms with Gasteiger partial charge in [-0.05, 0) is 43.5 Å². The van der Waals surface area contributed by atoms with E-state index in [0.29, 0.717) is 24.5 Å². The molecule has 2 amide bonds. The maximum atomic E-state index is 12.2. The molecule has 0 saturated carbocycles. The highest BCUT2D eigenvalue weighted by atomic mass is 16.5. The molecule has 114 valence electrons. The van der Waals surface area contributed by atoms with Gasteiger partial charge < -0.3 is 20.1 Å². The Balaban J connectivity index is 2.01. The van der Waals surface area contributed by atoms with Crippen LogP contribution in [0.2, 0.25) is 0 Å². The lowest BCUT2D eigenvalue weighted by atomic mass is 10.1. The third kappa shape index (κ3) is 3.72. The van der Waals surface area contributed by atoms with Gasteiger partial charge in [0, 0.05) is 32.0 Å². The summed E-state index contributed by atoms with van der Waals surface area (Å²) < 4.78 is 5.29. The van der Waals surface area contributed by atoms with Gasteiger partial charge in [0.05, 0.1) is 5.56 Å². The number of nitrogens with one attached hydrogen (secondary N) is 1. The summed E-state index contributed by atoms with van der Waals surface area (Å²) in [5.41, 5.74) is 1.46. The van der Waals surface area contributed by atoms with Crippen molar-refractivity contribution in [3.63, 3.8) is 0 Å². The van der Waals surface area contributed by atoms with Crippen LogP contribution in [0.25, 0.3) is 0 Å². The zero-order chi connectivity index (χ0) is 15.4. The van der Waals surface area contributed by atoms with Crippen LogP contribution < -0.4 is 5.32 Å². The predicted octanol–water partition coefficient (Wildman–Crippen LogP) is 2.34. The van der Waals surface area contributed by atoms with E-state index < -0.39 is 5.97 Å². The van der Waals surface area contributed by atoms with Gasteiger partial charge in [-0.1, -0.05) is 0 Å². The number of nitrogens with zero attached hydrogens (tertiary/aromatic N) is 1. The Labute approximate surface area is 123 Å². The van der Waals surface area contributed by atoms with Crippen LogP contribution in [0.3, 0.4) is 0 Å². The molecule has 1 aliphatic rings. The maximum Gasteiger partial charge on any atom is 0.335 e. The molecule has 0 aromatic heterocycles. The maximum absolute atomic E-state index is 12.2. The van der Waals surface area contributed by atoms with E-state index in [4.69, 9.17) is 9.84 Å². The zero-order valence-corrected chi connectivity index (χ0v) is 12.3. The molecule has 1 aromatic rings. The minimum Gasteiger partial charge on any atom is -0.478 e. The van der Waals surface area contributed by atoms with Crippen LogP contribution in [0.5, 0.6) is 0 Å². The number of hydrogen-bond acceptors (Lipinski definition) is 3. The van der Waals surface area contributed by atoms with E-state index >= 15 is 0 Å². The molecule has 1 aromatic carbocycles. The van der Waals surface area contributed by atoms with Gasteiger partial charge in [0.15, 0.2) is 0 Å². The largest absolute Gasteiger partial charge is 0.478 e. The minimum absolute atomic E-state index is 0.179. The van der Waals surface area contributed by atoms with Crippen molar-refractivity contribution in [1.29, 1.82) is 0 Å². The Morgan fingerprint density at radius 2 is 2.00 bits per heavy atom. The van der Waals surface area contributed by atoms with Crippen LogP contribution in [0.4, 0.5) is 10.5 Å². The van der Waals surface area contributed by atoms with Gasteiger partial charge in [0.2, 0.25) is 0 Å². The summed E-state index contributed by atoms with van der Waals surface area (Å²) in [6.07, 6.45) is 1.67. The summed E-state index contributed by atoms with van der Waals surface area (Å²) in [5, 5.41) is 11.8. The van der Waals surface area contributed by atoms with Crippen LogP contribution in [-0.4, -0.2) is 48.3 Å². The van der Waals surface area contributed by atoms with Crippen LogP contribution in [-0.2, 0) is 4.74 Å². The standard InChI is InChI=1S/C15H20N2O4/c1-10-9-11(3-4-13(10)14(18)19)16-15(20)17(2)12-5-7-21-8-6-12/h3-4,9,12H,5-8H2,1-2H3,(H,16,20)(H,18,19). The molecular weight excluding hydrogens is 272 g/mol. The van der Waals surface area contributed by atoms with Crippen LogP contribution >= 0.6 is 0 Å². The van der Waals surface area contributed by atoms with Crippen molar-refractivity contribution in [1.82, 2.24) is 4.90 Å². The minimum atomic E-state index is -0.968. The normalized spacial score (nSPS) is 15.5. The van der Waals surface area contributed by atoms with Gasteiger partial charge in [0.25, 0.3) is 0 Å². The lowest BCUT2D eigenvalue weighted by Crippen LogP contribution is -2.42. The molecule has 0 spiro atoms. The van der Waals surface area contributed by atoms with Crippen molar-refractivity contribution in [2.24, 2.45) is 0 Å². The average Bonchev–Trinajstić information content (AvgIpc) is 2.47. The number of aryl methyl sites for hydroxylation is 1. The first kappa shape index (κ1) is 15.3. The fraction of sp³-hybridized carbons (Fsp3) is 0.467. The Morgan fingerprint density at radius 1 is 1.33 bits per heavy atom. The van der Waals surface area contributed by atoms with Gasteiger partial charge in [0.1, 0.15) is 0 Å². The van der Waals surface area contributed by atoms with E-state index in [0.717, 1.165) is 12.8 Å². The number of amides is 2. The van der Waals surface area contributed by atoms with Crippen molar-refractivity contribution in [2.75, 3.05) is 25.6 Å². The van der Waals surface area contributed by atoms with Gasteiger partial charge in [-0.15, -0.1) is 0 Å². The molecule has 0 unspecified atom stereocenters. The lowest BCUT2D eigenvalue weighted by molar-refractivity contribution is 0.0544. The summed E-state index contributed by atoms with van der Waals surface area (Å²) in [7, 11) is 1.77. The molecule has 1 fully saturated rings. The summed E-state index contributed by atoms with van der Waals surface area (Å²) >= 11 is 0. The molecule has 1 heterocycles. The Hall–Kier alpha value is -2.08. The van der Waals surface area contributed by atoms with Crippen molar-refractivity contribution in [3.8, 4) is 0 Å². The first-order chi connectivity index (χ1) is 9.99. The lowest BCUT2D eigenvalue weighted by Gasteiger charge is -2.31. The summed E-state index contributed by atoms with van der Waals surface area (Å²) in [6.45, 7) is 3.06. The quantitative estimate of drug-likeness (QED) is 0.896. The monoisotopic (exact) mass is 292 g/mol. The van der Waals surface area contributed by atoms with E-state index in [1.165, 1.54) is 6.07 Å². The molecular formula is C15H20N2O4. The number of carbonyl (C=O) groups excluding carboxylic acids is 1. The highest BCUT2D eigenvalue weighted by Crippen LogP contribution is 2.18. The molecule has 0 aliphatic carbocycles. The molecule has 2 rings (SSSR count). The van der Waals surface area contributed by atoms with Gasteiger partial charge in [-0.3, -0.25) is 0 Å². The fourth-order valence-corrected chi connectivity index (χ4v) is 2.43. The second-order valence-corrected chi connectivity index (χ2v) is 5.22. The number of carbonyl (C=O) groups is 2. The fourth-order valence-electron chi connectivity index (χ4n) is 2.43. The number of rotatable bonds is 3. The Morgan fingerprint density at radius 3 is 2.57 bits per heavy atom. The second kappa shape index (κ2) is 6.58. The Kier molecular flexibility index (Phi) is 4.80. The van der Waals surface area contributed by atoms with E-state index in [1.54, 1.807) is 31.0 Å². The number of carboxylic acid groups (broad SMARTS) is 1. The summed E-state index contributed by atoms with van der Waals surface area (Å²) in [5.74, 6) is -0.968. The molecule has 6 heteroatoms. The van der Waals surface area contributed by atoms with Crippen LogP contribution in [0, 0.1) is 6.92 Å². The molecule has 0 bridgehead atoms. The predicted molar refractivity (Wildman–Crippen MR) is 78.8 cm³/mol. The smallest absolute Gasteiger partial charge is 0.335 e. The zero-order valence-electron chi connectivity index (χ0n) is 12.3. The van der Waals surface area contributed by atoms with E-state index in [9.17, 15) is 9.59 Å². The number of urea groups is 1. The van der Waals surface area contributed by atoms with Gasteiger partial charge >= 0.3 is 12.0 Å². The highest BCUT2D eigenvalue weighted by Gasteiger charge is 2.22. The number of anilines is 1. The van der Waals surface area contributed by atoms with Crippen molar-refractivity contribution < 1.29 is 19.4 Å². The topological polar surface area (TPSA) is 78.9 Å². The molecule has 0 radical (unpaired) electrons. The molecule has 21 heavy (non-hydrogen) atoms. The highest BCUT2D eigenvalue weighted by molar-refractivity contribution is 5.92.